The smallest absolute Gasteiger partial charge is 0.118 e. The van der Waals surface area contributed by atoms with Crippen LogP contribution < -0.4 is 4.74 Å². The molecule has 2 aromatic carbocycles. The Kier molecular flexibility index (Phi) is 3.48. The second kappa shape index (κ2) is 5.44. The van der Waals surface area contributed by atoms with Crippen LogP contribution in [0.5, 0.6) is 5.75 Å². The molecule has 1 aromatic heterocycles. The molecule has 3 heteroatoms. The lowest BCUT2D eigenvalue weighted by molar-refractivity contribution is 0.415. The van der Waals surface area contributed by atoms with Crippen molar-refractivity contribution in [2.45, 2.75) is 13.8 Å². The van der Waals surface area contributed by atoms with Gasteiger partial charge in [-0.15, -0.1) is 0 Å². The van der Waals surface area contributed by atoms with Crippen molar-refractivity contribution in [1.29, 1.82) is 0 Å². The zero-order valence-corrected chi connectivity index (χ0v) is 12.5. The van der Waals surface area contributed by atoms with E-state index in [2.05, 4.69) is 36.3 Å². The number of para-hydroxylation sites is 1. The monoisotopic (exact) mass is 278 g/mol. The van der Waals surface area contributed by atoms with E-state index in [-0.39, 0.29) is 0 Å². The number of aromatic nitrogens is 2. The van der Waals surface area contributed by atoms with Gasteiger partial charge in [-0.05, 0) is 43.7 Å². The maximum Gasteiger partial charge on any atom is 0.118 e. The van der Waals surface area contributed by atoms with E-state index in [1.54, 1.807) is 7.11 Å². The van der Waals surface area contributed by atoms with Crippen LogP contribution in [0, 0.1) is 13.8 Å². The summed E-state index contributed by atoms with van der Waals surface area (Å²) in [6, 6.07) is 18.3. The number of aryl methyl sites for hydroxylation is 1. The lowest BCUT2D eigenvalue weighted by Crippen LogP contribution is -1.98. The molecule has 0 aliphatic heterocycles. The van der Waals surface area contributed by atoms with Crippen LogP contribution in [0.25, 0.3) is 16.8 Å². The number of hydrogen-bond donors (Lipinski definition) is 0. The average molecular weight is 278 g/mol. The van der Waals surface area contributed by atoms with Crippen LogP contribution in [0.2, 0.25) is 0 Å². The van der Waals surface area contributed by atoms with Gasteiger partial charge in [0.05, 0.1) is 18.5 Å². The van der Waals surface area contributed by atoms with E-state index in [1.165, 1.54) is 5.56 Å². The van der Waals surface area contributed by atoms with Crippen molar-refractivity contribution < 1.29 is 4.74 Å². The highest BCUT2D eigenvalue weighted by Gasteiger charge is 2.14. The molecule has 0 bridgehead atoms. The Morgan fingerprint density at radius 2 is 1.57 bits per heavy atom. The number of methoxy groups -OCH3 is 1. The molecule has 0 aliphatic carbocycles. The first-order valence-corrected chi connectivity index (χ1v) is 6.97. The molecule has 0 saturated carbocycles. The predicted molar refractivity (Wildman–Crippen MR) is 85.0 cm³/mol. The van der Waals surface area contributed by atoms with E-state index in [0.29, 0.717) is 0 Å². The predicted octanol–water partition coefficient (Wildman–Crippen LogP) is 4.16. The third kappa shape index (κ3) is 2.42. The maximum absolute atomic E-state index is 5.22. The lowest BCUT2D eigenvalue weighted by atomic mass is 10.0. The third-order valence-electron chi connectivity index (χ3n) is 3.67. The molecule has 3 nitrogen and oxygen atoms in total. The number of hydrogen-bond acceptors (Lipinski definition) is 2. The third-order valence-corrected chi connectivity index (χ3v) is 3.67. The van der Waals surface area contributed by atoms with Crippen LogP contribution in [0.4, 0.5) is 0 Å². The Morgan fingerprint density at radius 1 is 0.905 bits per heavy atom. The van der Waals surface area contributed by atoms with Crippen molar-refractivity contribution in [3.05, 3.63) is 66.0 Å². The van der Waals surface area contributed by atoms with Crippen molar-refractivity contribution in [2.75, 3.05) is 7.11 Å². The van der Waals surface area contributed by atoms with Gasteiger partial charge in [-0.25, -0.2) is 4.68 Å². The summed E-state index contributed by atoms with van der Waals surface area (Å²) in [7, 11) is 1.68. The standard InChI is InChI=1S/C18H18N2O/c1-13-18(15-9-11-17(21-3)12-10-15)14(2)20(19-13)16-7-5-4-6-8-16/h4-12H,1-3H3. The van der Waals surface area contributed by atoms with Gasteiger partial charge in [-0.2, -0.15) is 5.10 Å². The molecule has 0 amide bonds. The molecule has 21 heavy (non-hydrogen) atoms. The molecule has 0 aliphatic rings. The SMILES string of the molecule is COc1ccc(-c2c(C)nn(-c3ccccc3)c2C)cc1. The Bertz CT molecular complexity index is 743. The highest BCUT2D eigenvalue weighted by atomic mass is 16.5. The van der Waals surface area contributed by atoms with Crippen molar-refractivity contribution in [1.82, 2.24) is 9.78 Å². The number of rotatable bonds is 3. The van der Waals surface area contributed by atoms with Crippen LogP contribution in [-0.4, -0.2) is 16.9 Å². The highest BCUT2D eigenvalue weighted by molar-refractivity contribution is 5.69. The summed E-state index contributed by atoms with van der Waals surface area (Å²) in [6.45, 7) is 4.15. The lowest BCUT2D eigenvalue weighted by Gasteiger charge is -2.06. The Morgan fingerprint density at radius 3 is 2.19 bits per heavy atom. The van der Waals surface area contributed by atoms with E-state index < -0.39 is 0 Å². The largest absolute Gasteiger partial charge is 0.497 e. The molecule has 1 heterocycles. The van der Waals surface area contributed by atoms with E-state index in [4.69, 9.17) is 4.74 Å². The molecular formula is C18H18N2O. The number of nitrogens with zero attached hydrogens (tertiary/aromatic N) is 2. The fourth-order valence-electron chi connectivity index (χ4n) is 2.64. The van der Waals surface area contributed by atoms with Gasteiger partial charge in [0.1, 0.15) is 5.75 Å². The molecule has 0 saturated heterocycles. The van der Waals surface area contributed by atoms with Crippen molar-refractivity contribution in [3.63, 3.8) is 0 Å². The average Bonchev–Trinajstić information content (AvgIpc) is 2.83. The first-order valence-electron chi connectivity index (χ1n) is 6.97. The zero-order valence-electron chi connectivity index (χ0n) is 12.5. The molecule has 0 radical (unpaired) electrons. The second-order valence-electron chi connectivity index (χ2n) is 5.02. The maximum atomic E-state index is 5.22. The first-order chi connectivity index (χ1) is 10.2. The van der Waals surface area contributed by atoms with E-state index in [0.717, 1.165) is 28.4 Å². The second-order valence-corrected chi connectivity index (χ2v) is 5.02. The number of benzene rings is 2. The molecule has 106 valence electrons. The van der Waals surface area contributed by atoms with Gasteiger partial charge < -0.3 is 4.74 Å². The van der Waals surface area contributed by atoms with E-state index in [9.17, 15) is 0 Å². The molecular weight excluding hydrogens is 260 g/mol. The first kappa shape index (κ1) is 13.4. The summed E-state index contributed by atoms with van der Waals surface area (Å²) in [6.07, 6.45) is 0. The summed E-state index contributed by atoms with van der Waals surface area (Å²) in [4.78, 5) is 0. The molecule has 0 atom stereocenters. The Hall–Kier alpha value is -2.55. The highest BCUT2D eigenvalue weighted by Crippen LogP contribution is 2.29. The normalized spacial score (nSPS) is 10.6. The fourth-order valence-corrected chi connectivity index (χ4v) is 2.64. The molecule has 0 fully saturated rings. The van der Waals surface area contributed by atoms with Gasteiger partial charge in [0.15, 0.2) is 0 Å². The minimum absolute atomic E-state index is 0.865. The summed E-state index contributed by atoms with van der Waals surface area (Å²) in [5.74, 6) is 0.865. The number of ether oxygens (including phenoxy) is 1. The van der Waals surface area contributed by atoms with Crippen molar-refractivity contribution >= 4 is 0 Å². The van der Waals surface area contributed by atoms with Gasteiger partial charge in [-0.3, -0.25) is 0 Å². The minimum Gasteiger partial charge on any atom is -0.497 e. The van der Waals surface area contributed by atoms with Crippen molar-refractivity contribution in [2.24, 2.45) is 0 Å². The van der Waals surface area contributed by atoms with Gasteiger partial charge in [0.25, 0.3) is 0 Å². The Balaban J connectivity index is 2.09. The van der Waals surface area contributed by atoms with Gasteiger partial charge in [0.2, 0.25) is 0 Å². The summed E-state index contributed by atoms with van der Waals surface area (Å²) in [5, 5.41) is 4.68. The summed E-state index contributed by atoms with van der Waals surface area (Å²) in [5.41, 5.74) is 5.60. The summed E-state index contributed by atoms with van der Waals surface area (Å²) >= 11 is 0. The molecule has 0 unspecified atom stereocenters. The van der Waals surface area contributed by atoms with Gasteiger partial charge in [-0.1, -0.05) is 30.3 Å². The Labute approximate surface area is 124 Å². The fraction of sp³-hybridized carbons (Fsp3) is 0.167. The van der Waals surface area contributed by atoms with Crippen LogP contribution >= 0.6 is 0 Å². The molecule has 0 spiro atoms. The van der Waals surface area contributed by atoms with Crippen molar-refractivity contribution in [3.8, 4) is 22.6 Å². The van der Waals surface area contributed by atoms with Crippen LogP contribution in [0.3, 0.4) is 0 Å². The van der Waals surface area contributed by atoms with E-state index in [1.807, 2.05) is 41.9 Å². The quantitative estimate of drug-likeness (QED) is 0.719. The zero-order chi connectivity index (χ0) is 14.8. The molecule has 3 rings (SSSR count). The summed E-state index contributed by atoms with van der Waals surface area (Å²) < 4.78 is 7.21. The topological polar surface area (TPSA) is 27.1 Å². The van der Waals surface area contributed by atoms with Gasteiger partial charge >= 0.3 is 0 Å². The minimum atomic E-state index is 0.865. The van der Waals surface area contributed by atoms with Gasteiger partial charge in [0, 0.05) is 11.3 Å². The van der Waals surface area contributed by atoms with Crippen LogP contribution in [0.15, 0.2) is 54.6 Å². The molecule has 0 N–H and O–H groups in total. The van der Waals surface area contributed by atoms with Crippen LogP contribution in [-0.2, 0) is 0 Å². The van der Waals surface area contributed by atoms with Crippen LogP contribution in [0.1, 0.15) is 11.4 Å². The molecule has 3 aromatic rings. The van der Waals surface area contributed by atoms with E-state index >= 15 is 0 Å².